The maximum absolute atomic E-state index is 13.9. The van der Waals surface area contributed by atoms with Crippen molar-refractivity contribution in [2.45, 2.75) is 56.4 Å². The van der Waals surface area contributed by atoms with Gasteiger partial charge < -0.3 is 4.90 Å². The normalized spacial score (nSPS) is 24.2. The Morgan fingerprint density at radius 3 is 2.46 bits per heavy atom. The highest BCUT2D eigenvalue weighted by Gasteiger charge is 2.60. The number of hydrogen-bond acceptors (Lipinski definition) is 6. The Labute approximate surface area is 213 Å². The van der Waals surface area contributed by atoms with Crippen LogP contribution in [0.3, 0.4) is 0 Å². The fourth-order valence-electron chi connectivity index (χ4n) is 6.12. The molecule has 1 atom stereocenters. The smallest absolute Gasteiger partial charge is 0.340 e. The van der Waals surface area contributed by atoms with Gasteiger partial charge in [-0.3, -0.25) is 9.47 Å². The molecule has 4 heterocycles. The Hall–Kier alpha value is -2.86. The molecule has 2 aromatic heterocycles. The molecule has 2 aliphatic heterocycles. The fourth-order valence-corrected chi connectivity index (χ4v) is 6.31. The standard InChI is InChI=1S/C24H21ClF5N7/c25-15-1-2-16-13(5-15)9-35(18-8-23(18,26)27)10-19-33-34-20(37(16)19)14-6-22(7-14)11-36(12-22)21-31-4-3-17(32-21)24(28,29)30/h1-5,14,18H,6-12H2. The van der Waals surface area contributed by atoms with Crippen LogP contribution in [0.15, 0.2) is 30.5 Å². The van der Waals surface area contributed by atoms with Gasteiger partial charge in [-0.15, -0.1) is 10.2 Å². The second-order valence-corrected chi connectivity index (χ2v) is 11.1. The Morgan fingerprint density at radius 1 is 1.00 bits per heavy atom. The zero-order valence-corrected chi connectivity index (χ0v) is 20.1. The van der Waals surface area contributed by atoms with E-state index in [-0.39, 0.29) is 30.2 Å². The minimum absolute atomic E-state index is 0.0374. The van der Waals surface area contributed by atoms with Gasteiger partial charge in [0.15, 0.2) is 5.82 Å². The summed E-state index contributed by atoms with van der Waals surface area (Å²) in [4.78, 5) is 11.2. The highest BCUT2D eigenvalue weighted by atomic mass is 35.5. The minimum Gasteiger partial charge on any atom is -0.340 e. The molecule has 13 heteroatoms. The predicted octanol–water partition coefficient (Wildman–Crippen LogP) is 4.84. The molecule has 4 aliphatic rings. The summed E-state index contributed by atoms with van der Waals surface area (Å²) in [5.74, 6) is -1.11. The fraction of sp³-hybridized carbons (Fsp3) is 0.500. The zero-order valence-electron chi connectivity index (χ0n) is 19.4. The van der Waals surface area contributed by atoms with Crippen LogP contribution in [0, 0.1) is 5.41 Å². The van der Waals surface area contributed by atoms with Crippen molar-refractivity contribution in [3.8, 4) is 5.69 Å². The summed E-state index contributed by atoms with van der Waals surface area (Å²) in [6.45, 7) is 1.75. The summed E-state index contributed by atoms with van der Waals surface area (Å²) in [6.07, 6.45) is -1.95. The van der Waals surface area contributed by atoms with Crippen LogP contribution in [-0.4, -0.2) is 54.7 Å². The molecule has 7 nitrogen and oxygen atoms in total. The quantitative estimate of drug-likeness (QED) is 0.446. The minimum atomic E-state index is -4.52. The van der Waals surface area contributed by atoms with E-state index in [1.165, 1.54) is 0 Å². The van der Waals surface area contributed by atoms with Gasteiger partial charge in [-0.05, 0) is 42.7 Å². The van der Waals surface area contributed by atoms with Gasteiger partial charge in [-0.25, -0.2) is 18.7 Å². The van der Waals surface area contributed by atoms with Crippen molar-refractivity contribution >= 4 is 17.5 Å². The van der Waals surface area contributed by atoms with Crippen LogP contribution in [0.4, 0.5) is 27.9 Å². The van der Waals surface area contributed by atoms with Crippen molar-refractivity contribution in [3.05, 3.63) is 58.4 Å². The zero-order chi connectivity index (χ0) is 25.7. The third-order valence-electron chi connectivity index (χ3n) is 7.98. The Kier molecular flexibility index (Phi) is 4.78. The largest absolute Gasteiger partial charge is 0.433 e. The lowest BCUT2D eigenvalue weighted by atomic mass is 9.57. The molecule has 1 saturated heterocycles. The van der Waals surface area contributed by atoms with E-state index in [4.69, 9.17) is 11.6 Å². The first kappa shape index (κ1) is 23.3. The highest BCUT2D eigenvalue weighted by molar-refractivity contribution is 6.30. The number of hydrogen-bond donors (Lipinski definition) is 0. The van der Waals surface area contributed by atoms with Crippen LogP contribution in [0.2, 0.25) is 5.02 Å². The van der Waals surface area contributed by atoms with Crippen molar-refractivity contribution in [1.82, 2.24) is 29.6 Å². The molecular formula is C24H21ClF5N7. The number of anilines is 1. The van der Waals surface area contributed by atoms with Crippen LogP contribution in [0.25, 0.3) is 5.69 Å². The van der Waals surface area contributed by atoms with Gasteiger partial charge in [0.2, 0.25) is 5.95 Å². The molecule has 3 fully saturated rings. The molecule has 0 amide bonds. The lowest BCUT2D eigenvalue weighted by Crippen LogP contribution is -2.62. The second-order valence-electron chi connectivity index (χ2n) is 10.7. The van der Waals surface area contributed by atoms with Gasteiger partial charge in [0.25, 0.3) is 5.92 Å². The third kappa shape index (κ3) is 3.79. The van der Waals surface area contributed by atoms with E-state index in [9.17, 15) is 22.0 Å². The van der Waals surface area contributed by atoms with Crippen LogP contribution in [-0.2, 0) is 19.3 Å². The number of benzene rings is 1. The summed E-state index contributed by atoms with van der Waals surface area (Å²) < 4.78 is 68.9. The van der Waals surface area contributed by atoms with Crippen LogP contribution < -0.4 is 4.90 Å². The van der Waals surface area contributed by atoms with Crippen molar-refractivity contribution < 1.29 is 22.0 Å². The number of fused-ring (bicyclic) bond motifs is 3. The monoisotopic (exact) mass is 537 g/mol. The summed E-state index contributed by atoms with van der Waals surface area (Å²) >= 11 is 6.25. The first-order valence-corrected chi connectivity index (χ1v) is 12.4. The molecule has 0 N–H and O–H groups in total. The lowest BCUT2D eigenvalue weighted by molar-refractivity contribution is -0.141. The number of alkyl halides is 5. The number of nitrogens with zero attached hydrogens (tertiary/aromatic N) is 7. The van der Waals surface area contributed by atoms with Gasteiger partial charge in [0.05, 0.1) is 18.3 Å². The molecule has 194 valence electrons. The van der Waals surface area contributed by atoms with Gasteiger partial charge >= 0.3 is 6.18 Å². The molecule has 37 heavy (non-hydrogen) atoms. The van der Waals surface area contributed by atoms with E-state index < -0.39 is 23.8 Å². The Balaban J connectivity index is 1.11. The molecule has 3 aromatic rings. The topological polar surface area (TPSA) is 63.0 Å². The molecular weight excluding hydrogens is 517 g/mol. The molecule has 2 saturated carbocycles. The maximum atomic E-state index is 13.9. The second kappa shape index (κ2) is 7.59. The number of rotatable bonds is 3. The van der Waals surface area contributed by atoms with Crippen molar-refractivity contribution in [2.75, 3.05) is 18.0 Å². The van der Waals surface area contributed by atoms with Crippen LogP contribution in [0.1, 0.15) is 48.1 Å². The highest BCUT2D eigenvalue weighted by Crippen LogP contribution is 2.57. The molecule has 0 bridgehead atoms. The average molecular weight is 538 g/mol. The third-order valence-corrected chi connectivity index (χ3v) is 8.22. The van der Waals surface area contributed by atoms with E-state index in [0.717, 1.165) is 42.2 Å². The molecule has 2 aliphatic carbocycles. The maximum Gasteiger partial charge on any atom is 0.433 e. The number of aromatic nitrogens is 5. The summed E-state index contributed by atoms with van der Waals surface area (Å²) in [5.41, 5.74) is 0.706. The van der Waals surface area contributed by atoms with Crippen molar-refractivity contribution in [1.29, 1.82) is 0 Å². The number of halogens is 6. The summed E-state index contributed by atoms with van der Waals surface area (Å²) in [6, 6.07) is 5.51. The van der Waals surface area contributed by atoms with E-state index in [1.54, 1.807) is 15.9 Å². The van der Waals surface area contributed by atoms with Crippen molar-refractivity contribution in [2.24, 2.45) is 5.41 Å². The molecule has 1 spiro atoms. The first-order chi connectivity index (χ1) is 17.5. The van der Waals surface area contributed by atoms with Crippen molar-refractivity contribution in [3.63, 3.8) is 0 Å². The Morgan fingerprint density at radius 2 is 1.76 bits per heavy atom. The van der Waals surface area contributed by atoms with Crippen LogP contribution in [0.5, 0.6) is 0 Å². The molecule has 1 unspecified atom stereocenters. The predicted molar refractivity (Wildman–Crippen MR) is 123 cm³/mol. The van der Waals surface area contributed by atoms with Gasteiger partial charge in [-0.1, -0.05) is 11.6 Å². The van der Waals surface area contributed by atoms with Gasteiger partial charge in [-0.2, -0.15) is 13.2 Å². The first-order valence-electron chi connectivity index (χ1n) is 12.0. The Bertz CT molecular complexity index is 1390. The van der Waals surface area contributed by atoms with E-state index in [1.807, 2.05) is 16.7 Å². The van der Waals surface area contributed by atoms with E-state index in [0.29, 0.717) is 30.5 Å². The van der Waals surface area contributed by atoms with Crippen LogP contribution >= 0.6 is 11.6 Å². The molecule has 7 rings (SSSR count). The van der Waals surface area contributed by atoms with E-state index >= 15 is 0 Å². The summed E-state index contributed by atoms with van der Waals surface area (Å²) in [5, 5.41) is 9.40. The molecule has 1 aromatic carbocycles. The van der Waals surface area contributed by atoms with Gasteiger partial charge in [0.1, 0.15) is 11.5 Å². The van der Waals surface area contributed by atoms with Gasteiger partial charge in [0, 0.05) is 48.6 Å². The molecule has 0 radical (unpaired) electrons. The lowest BCUT2D eigenvalue weighted by Gasteiger charge is -2.58. The SMILES string of the molecule is FC(F)(F)c1ccnc(N2CC3(CC(c4nnc5n4-c4ccc(Cl)cc4CN(C4CC4(F)F)C5)C3)C2)n1. The van der Waals surface area contributed by atoms with E-state index in [2.05, 4.69) is 20.2 Å². The summed E-state index contributed by atoms with van der Waals surface area (Å²) in [7, 11) is 0. The average Bonchev–Trinajstić information content (AvgIpc) is 3.29.